The number of halogens is 3. The Morgan fingerprint density at radius 2 is 2.10 bits per heavy atom. The van der Waals surface area contributed by atoms with Gasteiger partial charge in [0, 0.05) is 38.5 Å². The molecule has 0 aliphatic carbocycles. The van der Waals surface area contributed by atoms with Gasteiger partial charge in [-0.15, -0.1) is 0 Å². The Bertz CT molecular complexity index is 746. The molecule has 1 aromatic carbocycles. The van der Waals surface area contributed by atoms with E-state index >= 15 is 0 Å². The molecule has 1 amide bonds. The van der Waals surface area contributed by atoms with Gasteiger partial charge in [-0.2, -0.15) is 5.26 Å². The van der Waals surface area contributed by atoms with Crippen LogP contribution in [0.3, 0.4) is 0 Å². The largest absolute Gasteiger partial charge is 0.310 e. The average molecular weight is 457 g/mol. The predicted molar refractivity (Wildman–Crippen MR) is 86.7 cm³/mol. The first-order valence-electron chi connectivity index (χ1n) is 5.83. The molecule has 1 unspecified atom stereocenters. The van der Waals surface area contributed by atoms with Gasteiger partial charge in [-0.3, -0.25) is 4.79 Å². The first-order valence-corrected chi connectivity index (χ1v) is 9.89. The smallest absolute Gasteiger partial charge is 0.232 e. The molecule has 1 atom stereocenters. The van der Waals surface area contributed by atoms with E-state index in [1.807, 2.05) is 6.07 Å². The molecule has 1 heterocycles. The highest BCUT2D eigenvalue weighted by molar-refractivity contribution is 9.11. The Balaban J connectivity index is 2.36. The molecule has 0 radical (unpaired) electrons. The molecule has 1 saturated heterocycles. The Labute approximate surface area is 143 Å². The van der Waals surface area contributed by atoms with Crippen LogP contribution in [0, 0.1) is 17.2 Å². The molecule has 9 heteroatoms. The SMILES string of the molecule is N#Cc1cc(Br)cc(Br)c1N1CC(CS(=O)(=O)Cl)CC1=O. The van der Waals surface area contributed by atoms with Gasteiger partial charge in [0.05, 0.1) is 17.0 Å². The third-order valence-corrected chi connectivity index (χ3v) is 5.37. The highest BCUT2D eigenvalue weighted by Gasteiger charge is 2.35. The number of carbonyl (C=O) groups excluding carboxylic acids is 1. The minimum absolute atomic E-state index is 0.0966. The van der Waals surface area contributed by atoms with Crippen molar-refractivity contribution in [3.05, 3.63) is 26.6 Å². The minimum Gasteiger partial charge on any atom is -0.310 e. The summed E-state index contributed by atoms with van der Waals surface area (Å²) in [7, 11) is 1.58. The number of anilines is 1. The lowest BCUT2D eigenvalue weighted by atomic mass is 10.1. The van der Waals surface area contributed by atoms with Crippen LogP contribution in [0.15, 0.2) is 21.1 Å². The minimum atomic E-state index is -3.66. The lowest BCUT2D eigenvalue weighted by molar-refractivity contribution is -0.117. The molecule has 0 saturated carbocycles. The van der Waals surface area contributed by atoms with E-state index in [-0.39, 0.29) is 30.5 Å². The maximum Gasteiger partial charge on any atom is 0.232 e. The fraction of sp³-hybridized carbons (Fsp3) is 0.333. The van der Waals surface area contributed by atoms with E-state index in [1.54, 1.807) is 12.1 Å². The summed E-state index contributed by atoms with van der Waals surface area (Å²) in [4.78, 5) is 13.6. The molecule has 0 N–H and O–H groups in total. The van der Waals surface area contributed by atoms with Crippen LogP contribution in [0.5, 0.6) is 0 Å². The summed E-state index contributed by atoms with van der Waals surface area (Å²) in [5.41, 5.74) is 0.791. The van der Waals surface area contributed by atoms with Crippen molar-refractivity contribution < 1.29 is 13.2 Å². The van der Waals surface area contributed by atoms with Crippen molar-refractivity contribution in [2.24, 2.45) is 5.92 Å². The third-order valence-electron chi connectivity index (χ3n) is 3.06. The Hall–Kier alpha value is -0.620. The molecule has 1 aliphatic heterocycles. The standard InChI is InChI=1S/C12H9Br2ClN2O3S/c13-9-2-8(4-16)12(10(14)3-9)17-5-7(1-11(17)18)6-21(15,19)20/h2-3,7H,1,5-6H2. The Kier molecular flexibility index (Phi) is 4.98. The van der Waals surface area contributed by atoms with Gasteiger partial charge in [-0.25, -0.2) is 8.42 Å². The van der Waals surface area contributed by atoms with Crippen LogP contribution in [0.4, 0.5) is 5.69 Å². The predicted octanol–water partition coefficient (Wildman–Crippen LogP) is 3.00. The van der Waals surface area contributed by atoms with Crippen LogP contribution >= 0.6 is 42.5 Å². The third kappa shape index (κ3) is 3.97. The second-order valence-electron chi connectivity index (χ2n) is 4.68. The van der Waals surface area contributed by atoms with Crippen molar-refractivity contribution in [1.82, 2.24) is 0 Å². The van der Waals surface area contributed by atoms with Crippen molar-refractivity contribution in [2.75, 3.05) is 17.2 Å². The number of carbonyl (C=O) groups is 1. The summed E-state index contributed by atoms with van der Waals surface area (Å²) >= 11 is 6.62. The molecule has 21 heavy (non-hydrogen) atoms. The molecule has 1 fully saturated rings. The first kappa shape index (κ1) is 16.7. The van der Waals surface area contributed by atoms with Crippen LogP contribution in [0.1, 0.15) is 12.0 Å². The zero-order valence-electron chi connectivity index (χ0n) is 10.5. The highest BCUT2D eigenvalue weighted by Crippen LogP contribution is 2.37. The van der Waals surface area contributed by atoms with E-state index < -0.39 is 9.05 Å². The zero-order valence-corrected chi connectivity index (χ0v) is 15.3. The molecule has 112 valence electrons. The topological polar surface area (TPSA) is 78.2 Å². The van der Waals surface area contributed by atoms with Crippen molar-refractivity contribution in [3.63, 3.8) is 0 Å². The van der Waals surface area contributed by atoms with Gasteiger partial charge in [-0.1, -0.05) is 15.9 Å². The number of nitriles is 1. The van der Waals surface area contributed by atoms with Crippen molar-refractivity contribution in [2.45, 2.75) is 6.42 Å². The number of amides is 1. The van der Waals surface area contributed by atoms with Gasteiger partial charge >= 0.3 is 0 Å². The lowest BCUT2D eigenvalue weighted by Crippen LogP contribution is -2.26. The van der Waals surface area contributed by atoms with Gasteiger partial charge in [0.1, 0.15) is 6.07 Å². The van der Waals surface area contributed by atoms with Gasteiger partial charge < -0.3 is 4.90 Å². The number of rotatable bonds is 3. The lowest BCUT2D eigenvalue weighted by Gasteiger charge is -2.20. The van der Waals surface area contributed by atoms with E-state index in [0.717, 1.165) is 0 Å². The molecule has 0 bridgehead atoms. The summed E-state index contributed by atoms with van der Waals surface area (Å²) in [6.45, 7) is 0.222. The zero-order chi connectivity index (χ0) is 15.8. The molecule has 2 rings (SSSR count). The summed E-state index contributed by atoms with van der Waals surface area (Å²) in [6, 6.07) is 5.38. The van der Waals surface area contributed by atoms with Crippen LogP contribution < -0.4 is 4.90 Å². The van der Waals surface area contributed by atoms with E-state index in [1.165, 1.54) is 4.90 Å². The van der Waals surface area contributed by atoms with Crippen molar-refractivity contribution >= 4 is 63.2 Å². The van der Waals surface area contributed by atoms with Gasteiger partial charge in [-0.05, 0) is 28.1 Å². The monoisotopic (exact) mass is 454 g/mol. The van der Waals surface area contributed by atoms with E-state index in [2.05, 4.69) is 31.9 Å². The summed E-state index contributed by atoms with van der Waals surface area (Å²) < 4.78 is 23.6. The molecule has 0 spiro atoms. The highest BCUT2D eigenvalue weighted by atomic mass is 79.9. The van der Waals surface area contributed by atoms with E-state index in [0.29, 0.717) is 20.2 Å². The maximum absolute atomic E-state index is 12.1. The molecular formula is C12H9Br2ClN2O3S. The van der Waals surface area contributed by atoms with E-state index in [4.69, 9.17) is 10.7 Å². The first-order chi connectivity index (χ1) is 9.71. The van der Waals surface area contributed by atoms with Gasteiger partial charge in [0.2, 0.25) is 15.0 Å². The van der Waals surface area contributed by atoms with Crippen molar-refractivity contribution in [3.8, 4) is 6.07 Å². The fourth-order valence-corrected chi connectivity index (χ4v) is 5.08. The maximum atomic E-state index is 12.1. The second kappa shape index (κ2) is 6.24. The summed E-state index contributed by atoms with van der Waals surface area (Å²) in [5, 5.41) is 9.22. The quantitative estimate of drug-likeness (QED) is 0.655. The van der Waals surface area contributed by atoms with Crippen LogP contribution in [0.2, 0.25) is 0 Å². The van der Waals surface area contributed by atoms with E-state index in [9.17, 15) is 18.5 Å². The van der Waals surface area contributed by atoms with Crippen molar-refractivity contribution in [1.29, 1.82) is 5.26 Å². The second-order valence-corrected chi connectivity index (χ2v) is 9.27. The normalized spacial score (nSPS) is 18.9. The molecule has 1 aliphatic rings. The van der Waals surface area contributed by atoms with Crippen LogP contribution in [-0.4, -0.2) is 26.6 Å². The average Bonchev–Trinajstić information content (AvgIpc) is 2.66. The Morgan fingerprint density at radius 1 is 1.43 bits per heavy atom. The molecule has 5 nitrogen and oxygen atoms in total. The molecule has 1 aromatic rings. The van der Waals surface area contributed by atoms with Crippen LogP contribution in [-0.2, 0) is 13.8 Å². The molecular weight excluding hydrogens is 447 g/mol. The van der Waals surface area contributed by atoms with Crippen LogP contribution in [0.25, 0.3) is 0 Å². The number of benzene rings is 1. The molecule has 0 aromatic heterocycles. The fourth-order valence-electron chi connectivity index (χ4n) is 2.32. The van der Waals surface area contributed by atoms with Gasteiger partial charge in [0.15, 0.2) is 0 Å². The number of hydrogen-bond acceptors (Lipinski definition) is 4. The summed E-state index contributed by atoms with van der Waals surface area (Å²) in [6.07, 6.45) is 0.0966. The Morgan fingerprint density at radius 3 is 2.67 bits per heavy atom. The number of nitrogens with zero attached hydrogens (tertiary/aromatic N) is 2. The summed E-state index contributed by atoms with van der Waals surface area (Å²) in [5.74, 6) is -0.853. The van der Waals surface area contributed by atoms with Gasteiger partial charge in [0.25, 0.3) is 0 Å². The number of hydrogen-bond donors (Lipinski definition) is 0.